The standard InChI is InChI=1S/C24H26ClFN4O5S.CH4/c1-30(22(31)11-10-16-8-5-9-20(26)23(16)25)19(14-28-36(2,33)34)15-35-24(32)29-21-12-17-6-3-4-7-18(17)13-27-21;/h3-9,12-13,19,28H,10-11,14-15H2,1-2H3,(H,27,29,32);1H4/t19-;/m0./s1. The number of carbonyl (C=O) groups is 2. The molecule has 0 fully saturated rings. The zero-order chi connectivity index (χ0) is 26.3. The van der Waals surface area contributed by atoms with E-state index in [9.17, 15) is 22.4 Å². The SMILES string of the molecule is C.CN(C(=O)CCc1cccc(F)c1Cl)[C@@H](CNS(C)(=O)=O)COC(=O)Nc1cc2ccccc2cn1. The lowest BCUT2D eigenvalue weighted by atomic mass is 10.1. The van der Waals surface area contributed by atoms with Gasteiger partial charge in [0.05, 0.1) is 17.3 Å². The maximum atomic E-state index is 13.7. The van der Waals surface area contributed by atoms with Crippen molar-refractivity contribution in [2.45, 2.75) is 26.3 Å². The highest BCUT2D eigenvalue weighted by Gasteiger charge is 2.23. The Labute approximate surface area is 221 Å². The third-order valence-corrected chi connectivity index (χ3v) is 6.54. The molecule has 0 unspecified atom stereocenters. The maximum Gasteiger partial charge on any atom is 0.412 e. The largest absolute Gasteiger partial charge is 0.447 e. The molecule has 0 spiro atoms. The molecule has 0 aliphatic rings. The molecule has 2 N–H and O–H groups in total. The Morgan fingerprint density at radius 3 is 2.57 bits per heavy atom. The van der Waals surface area contributed by atoms with Crippen molar-refractivity contribution in [1.29, 1.82) is 0 Å². The molecule has 2 amide bonds. The minimum absolute atomic E-state index is 0. The number of carbonyl (C=O) groups excluding carboxylic acids is 2. The van der Waals surface area contributed by atoms with E-state index in [0.29, 0.717) is 5.56 Å². The average Bonchev–Trinajstić information content (AvgIpc) is 2.83. The molecule has 200 valence electrons. The van der Waals surface area contributed by atoms with Gasteiger partial charge in [0.1, 0.15) is 18.2 Å². The summed E-state index contributed by atoms with van der Waals surface area (Å²) in [6.07, 6.45) is 1.95. The zero-order valence-electron chi connectivity index (χ0n) is 19.7. The van der Waals surface area contributed by atoms with Crippen molar-refractivity contribution in [3.8, 4) is 0 Å². The van der Waals surface area contributed by atoms with E-state index in [0.717, 1.165) is 17.0 Å². The van der Waals surface area contributed by atoms with Crippen LogP contribution in [0.15, 0.2) is 54.7 Å². The van der Waals surface area contributed by atoms with E-state index in [1.54, 1.807) is 18.3 Å². The molecule has 0 saturated heterocycles. The van der Waals surface area contributed by atoms with Gasteiger partial charge in [0.15, 0.2) is 0 Å². The van der Waals surface area contributed by atoms with Crippen molar-refractivity contribution in [3.05, 3.63) is 71.1 Å². The Morgan fingerprint density at radius 2 is 1.86 bits per heavy atom. The zero-order valence-corrected chi connectivity index (χ0v) is 21.3. The van der Waals surface area contributed by atoms with Gasteiger partial charge in [-0.3, -0.25) is 10.1 Å². The van der Waals surface area contributed by atoms with E-state index in [1.165, 1.54) is 24.1 Å². The Bertz CT molecular complexity index is 1360. The second-order valence-electron chi connectivity index (χ2n) is 8.13. The average molecular weight is 553 g/mol. The fourth-order valence-electron chi connectivity index (χ4n) is 3.38. The topological polar surface area (TPSA) is 118 Å². The van der Waals surface area contributed by atoms with Gasteiger partial charge in [0.25, 0.3) is 0 Å². The summed E-state index contributed by atoms with van der Waals surface area (Å²) in [5.41, 5.74) is 0.475. The van der Waals surface area contributed by atoms with Crippen LogP contribution in [0.5, 0.6) is 0 Å². The van der Waals surface area contributed by atoms with Gasteiger partial charge in [-0.2, -0.15) is 0 Å². The molecule has 1 aromatic heterocycles. The van der Waals surface area contributed by atoms with E-state index in [4.69, 9.17) is 16.3 Å². The first-order chi connectivity index (χ1) is 17.0. The second kappa shape index (κ2) is 13.3. The summed E-state index contributed by atoms with van der Waals surface area (Å²) in [5.74, 6) is -0.665. The first-order valence-corrected chi connectivity index (χ1v) is 13.2. The number of aryl methyl sites for hydroxylation is 1. The summed E-state index contributed by atoms with van der Waals surface area (Å²) >= 11 is 5.96. The van der Waals surface area contributed by atoms with Gasteiger partial charge in [-0.25, -0.2) is 27.3 Å². The number of benzene rings is 2. The molecule has 37 heavy (non-hydrogen) atoms. The molecule has 3 rings (SSSR count). The first kappa shape index (κ1) is 29.9. The van der Waals surface area contributed by atoms with E-state index in [2.05, 4.69) is 15.0 Å². The van der Waals surface area contributed by atoms with Gasteiger partial charge in [-0.1, -0.05) is 55.4 Å². The molecule has 2 aromatic carbocycles. The molecule has 0 aliphatic heterocycles. The van der Waals surface area contributed by atoms with Crippen LogP contribution in [0.3, 0.4) is 0 Å². The Balaban J connectivity index is 0.00000481. The fourth-order valence-corrected chi connectivity index (χ4v) is 4.10. The summed E-state index contributed by atoms with van der Waals surface area (Å²) in [6, 6.07) is 12.7. The van der Waals surface area contributed by atoms with Gasteiger partial charge in [-0.15, -0.1) is 0 Å². The number of pyridine rings is 1. The lowest BCUT2D eigenvalue weighted by molar-refractivity contribution is -0.132. The van der Waals surface area contributed by atoms with Crippen LogP contribution in [0.25, 0.3) is 10.8 Å². The highest BCUT2D eigenvalue weighted by Crippen LogP contribution is 2.21. The van der Waals surface area contributed by atoms with E-state index in [1.807, 2.05) is 24.3 Å². The molecule has 0 saturated carbocycles. The molecule has 9 nitrogen and oxygen atoms in total. The summed E-state index contributed by atoms with van der Waals surface area (Å²) in [5, 5.41) is 4.26. The van der Waals surface area contributed by atoms with Crippen LogP contribution >= 0.6 is 11.6 Å². The molecule has 0 radical (unpaired) electrons. The number of amides is 2. The fraction of sp³-hybridized carbons (Fsp3) is 0.320. The van der Waals surface area contributed by atoms with Crippen molar-refractivity contribution >= 4 is 50.2 Å². The Hall–Kier alpha value is -3.28. The molecule has 0 aliphatic carbocycles. The van der Waals surface area contributed by atoms with Crippen molar-refractivity contribution in [3.63, 3.8) is 0 Å². The van der Waals surface area contributed by atoms with Crippen molar-refractivity contribution in [2.75, 3.05) is 31.8 Å². The predicted molar refractivity (Wildman–Crippen MR) is 143 cm³/mol. The van der Waals surface area contributed by atoms with Crippen molar-refractivity contribution in [2.24, 2.45) is 0 Å². The lowest BCUT2D eigenvalue weighted by Gasteiger charge is -2.28. The Morgan fingerprint density at radius 1 is 1.16 bits per heavy atom. The van der Waals surface area contributed by atoms with E-state index >= 15 is 0 Å². The molecular weight excluding hydrogens is 523 g/mol. The van der Waals surface area contributed by atoms with Crippen molar-refractivity contribution in [1.82, 2.24) is 14.6 Å². The number of nitrogens with one attached hydrogen (secondary N) is 2. The van der Waals surface area contributed by atoms with Crippen LogP contribution in [-0.4, -0.2) is 62.8 Å². The van der Waals surface area contributed by atoms with E-state index < -0.39 is 28.0 Å². The normalized spacial score (nSPS) is 11.9. The summed E-state index contributed by atoms with van der Waals surface area (Å²) < 4.78 is 44.5. The van der Waals surface area contributed by atoms with Gasteiger partial charge >= 0.3 is 6.09 Å². The van der Waals surface area contributed by atoms with Crippen LogP contribution in [0, 0.1) is 5.82 Å². The number of halogens is 2. The molecule has 12 heteroatoms. The van der Waals surface area contributed by atoms with Gasteiger partial charge in [-0.05, 0) is 29.5 Å². The van der Waals surface area contributed by atoms with Gasteiger partial charge in [0.2, 0.25) is 15.9 Å². The van der Waals surface area contributed by atoms with Crippen LogP contribution in [0.4, 0.5) is 15.0 Å². The molecule has 3 aromatic rings. The number of hydrogen-bond donors (Lipinski definition) is 2. The quantitative estimate of drug-likeness (QED) is 0.389. The number of sulfonamides is 1. The Kier molecular flexibility index (Phi) is 10.8. The van der Waals surface area contributed by atoms with Gasteiger partial charge in [0, 0.05) is 31.6 Å². The maximum absolute atomic E-state index is 13.7. The van der Waals surface area contributed by atoms with E-state index in [-0.39, 0.29) is 50.2 Å². The van der Waals surface area contributed by atoms with Crippen LogP contribution in [-0.2, 0) is 26.0 Å². The number of hydrogen-bond acceptors (Lipinski definition) is 6. The predicted octanol–water partition coefficient (Wildman–Crippen LogP) is 4.22. The first-order valence-electron chi connectivity index (χ1n) is 11.0. The molecule has 1 heterocycles. The second-order valence-corrected chi connectivity index (χ2v) is 10.3. The minimum Gasteiger partial charge on any atom is -0.447 e. The van der Waals surface area contributed by atoms with Crippen LogP contribution in [0.2, 0.25) is 5.02 Å². The molecule has 0 bridgehead atoms. The van der Waals surface area contributed by atoms with Crippen molar-refractivity contribution < 1.29 is 27.1 Å². The third-order valence-electron chi connectivity index (χ3n) is 5.43. The van der Waals surface area contributed by atoms with Crippen LogP contribution < -0.4 is 10.0 Å². The van der Waals surface area contributed by atoms with Crippen LogP contribution in [0.1, 0.15) is 19.4 Å². The number of ether oxygens (including phenoxy) is 1. The number of aromatic nitrogens is 1. The summed E-state index contributed by atoms with van der Waals surface area (Å²) in [7, 11) is -2.10. The highest BCUT2D eigenvalue weighted by molar-refractivity contribution is 7.88. The minimum atomic E-state index is -3.57. The summed E-state index contributed by atoms with van der Waals surface area (Å²) in [4.78, 5) is 30.6. The number of anilines is 1. The smallest absolute Gasteiger partial charge is 0.412 e. The lowest BCUT2D eigenvalue weighted by Crippen LogP contribution is -2.47. The number of fused-ring (bicyclic) bond motifs is 1. The monoisotopic (exact) mass is 552 g/mol. The molecule has 1 atom stereocenters. The van der Waals surface area contributed by atoms with Gasteiger partial charge < -0.3 is 9.64 Å². The summed E-state index contributed by atoms with van der Waals surface area (Å²) in [6.45, 7) is -0.464. The molecular formula is C25H30ClFN4O5S. The number of likely N-dealkylation sites (N-methyl/N-ethyl adjacent to an activating group) is 1. The third kappa shape index (κ3) is 8.96. The number of rotatable bonds is 10. The highest BCUT2D eigenvalue weighted by atomic mass is 35.5. The number of nitrogens with zero attached hydrogens (tertiary/aromatic N) is 2.